The summed E-state index contributed by atoms with van der Waals surface area (Å²) in [7, 11) is -3.58. The van der Waals surface area contributed by atoms with Crippen molar-refractivity contribution in [1.29, 1.82) is 0 Å². The molecule has 0 spiro atoms. The van der Waals surface area contributed by atoms with Crippen LogP contribution in [0, 0.1) is 0 Å². The summed E-state index contributed by atoms with van der Waals surface area (Å²) in [6.45, 7) is 3.04. The minimum Gasteiger partial charge on any atom is -0.476 e. The van der Waals surface area contributed by atoms with E-state index in [-0.39, 0.29) is 23.3 Å². The molecule has 0 saturated carbocycles. The fraction of sp³-hybridized carbons (Fsp3) is 0.440. The quantitative estimate of drug-likeness (QED) is 0.640. The smallest absolute Gasteiger partial charge is 0.265 e. The molecule has 5 rings (SSSR count). The van der Waals surface area contributed by atoms with Gasteiger partial charge < -0.3 is 19.3 Å². The number of ether oxygens (including phenoxy) is 2. The number of sulfonamides is 1. The molecule has 2 aromatic carbocycles. The lowest BCUT2D eigenvalue weighted by molar-refractivity contribution is -0.142. The highest BCUT2D eigenvalue weighted by Crippen LogP contribution is 2.34. The molecule has 3 heterocycles. The van der Waals surface area contributed by atoms with E-state index in [4.69, 9.17) is 9.47 Å². The van der Waals surface area contributed by atoms with Crippen LogP contribution in [0.25, 0.3) is 0 Å². The number of para-hydroxylation sites is 2. The molecule has 2 fully saturated rings. The van der Waals surface area contributed by atoms with Gasteiger partial charge in [0.2, 0.25) is 10.0 Å². The number of rotatable bonds is 4. The molecule has 186 valence electrons. The molecular formula is C25H29N3O6S. The Bertz CT molecular complexity index is 1190. The second-order valence-electron chi connectivity index (χ2n) is 8.92. The third-order valence-electron chi connectivity index (χ3n) is 6.67. The van der Waals surface area contributed by atoms with E-state index in [0.717, 1.165) is 19.3 Å². The average Bonchev–Trinajstić information content (AvgIpc) is 2.92. The van der Waals surface area contributed by atoms with E-state index in [1.54, 1.807) is 29.2 Å². The van der Waals surface area contributed by atoms with E-state index >= 15 is 0 Å². The maximum Gasteiger partial charge on any atom is 0.265 e. The van der Waals surface area contributed by atoms with E-state index in [0.29, 0.717) is 56.4 Å². The molecule has 0 bridgehead atoms. The first kappa shape index (κ1) is 23.8. The van der Waals surface area contributed by atoms with Gasteiger partial charge in [0.15, 0.2) is 6.10 Å². The van der Waals surface area contributed by atoms with Crippen molar-refractivity contribution in [1.82, 2.24) is 9.21 Å². The first-order valence-corrected chi connectivity index (χ1v) is 13.4. The van der Waals surface area contributed by atoms with Crippen molar-refractivity contribution in [2.45, 2.75) is 30.3 Å². The van der Waals surface area contributed by atoms with Crippen molar-refractivity contribution < 1.29 is 27.5 Å². The van der Waals surface area contributed by atoms with E-state index in [9.17, 15) is 18.0 Å². The second-order valence-corrected chi connectivity index (χ2v) is 10.9. The Balaban J connectivity index is 1.38. The van der Waals surface area contributed by atoms with E-state index in [1.165, 1.54) is 33.5 Å². The molecule has 0 N–H and O–H groups in total. The minimum atomic E-state index is -3.58. The Morgan fingerprint density at radius 2 is 1.54 bits per heavy atom. The van der Waals surface area contributed by atoms with Gasteiger partial charge in [0.1, 0.15) is 5.75 Å². The molecule has 2 amide bonds. The van der Waals surface area contributed by atoms with E-state index < -0.39 is 16.1 Å². The Morgan fingerprint density at radius 1 is 0.857 bits per heavy atom. The standard InChI is InChI=1S/C25H29N3O6S/c29-24(19-8-10-20(11-9-19)35(31,32)27-12-4-1-5-13-27)28-18-23(25(30)26-14-16-33-17-15-26)34-22-7-3-2-6-21(22)28/h2-3,6-11,23H,1,4-5,12-18H2/t23-/m0/s1. The molecule has 2 aromatic rings. The van der Waals surface area contributed by atoms with Gasteiger partial charge in [-0.05, 0) is 49.2 Å². The second kappa shape index (κ2) is 9.96. The molecule has 1 atom stereocenters. The molecular weight excluding hydrogens is 470 g/mol. The highest BCUT2D eigenvalue weighted by molar-refractivity contribution is 7.89. The van der Waals surface area contributed by atoms with Gasteiger partial charge in [0, 0.05) is 31.7 Å². The summed E-state index contributed by atoms with van der Waals surface area (Å²) in [5.74, 6) is -0.0333. The zero-order valence-electron chi connectivity index (χ0n) is 19.5. The number of benzene rings is 2. The number of carbonyl (C=O) groups excluding carboxylic acids is 2. The topological polar surface area (TPSA) is 96.5 Å². The van der Waals surface area contributed by atoms with E-state index in [1.807, 2.05) is 0 Å². The number of carbonyl (C=O) groups is 2. The Kier molecular flexibility index (Phi) is 6.77. The normalized spacial score (nSPS) is 21.2. The van der Waals surface area contributed by atoms with Gasteiger partial charge in [-0.2, -0.15) is 4.31 Å². The SMILES string of the molecule is O=C([C@@H]1CN(C(=O)c2ccc(S(=O)(=O)N3CCCCC3)cc2)c2ccccc2O1)N1CCOCC1. The summed E-state index contributed by atoms with van der Waals surface area (Å²) in [5.41, 5.74) is 0.922. The summed E-state index contributed by atoms with van der Waals surface area (Å²) in [6.07, 6.45) is 1.92. The summed E-state index contributed by atoms with van der Waals surface area (Å²) in [4.78, 5) is 30.1. The fourth-order valence-electron chi connectivity index (χ4n) is 4.72. The highest BCUT2D eigenvalue weighted by Gasteiger charge is 2.37. The predicted molar refractivity (Wildman–Crippen MR) is 129 cm³/mol. The zero-order chi connectivity index (χ0) is 24.4. The monoisotopic (exact) mass is 499 g/mol. The maximum atomic E-state index is 13.5. The Labute approximate surface area is 205 Å². The average molecular weight is 500 g/mol. The fourth-order valence-corrected chi connectivity index (χ4v) is 6.24. The zero-order valence-corrected chi connectivity index (χ0v) is 20.3. The minimum absolute atomic E-state index is 0.0693. The molecule has 0 aromatic heterocycles. The molecule has 3 aliphatic heterocycles. The van der Waals surface area contributed by atoms with Crippen LogP contribution in [-0.2, 0) is 19.6 Å². The lowest BCUT2D eigenvalue weighted by atomic mass is 10.1. The molecule has 9 nitrogen and oxygen atoms in total. The van der Waals surface area contributed by atoms with Crippen LogP contribution in [0.2, 0.25) is 0 Å². The molecule has 3 aliphatic rings. The van der Waals surface area contributed by atoms with E-state index in [2.05, 4.69) is 0 Å². The van der Waals surface area contributed by atoms with Gasteiger partial charge in [-0.1, -0.05) is 18.6 Å². The highest BCUT2D eigenvalue weighted by atomic mass is 32.2. The van der Waals surface area contributed by atoms with Crippen LogP contribution in [0.15, 0.2) is 53.4 Å². The van der Waals surface area contributed by atoms with Crippen LogP contribution in [-0.4, -0.2) is 81.5 Å². The lowest BCUT2D eigenvalue weighted by Crippen LogP contribution is -2.54. The first-order valence-electron chi connectivity index (χ1n) is 12.0. The summed E-state index contributed by atoms with van der Waals surface area (Å²) >= 11 is 0. The number of fused-ring (bicyclic) bond motifs is 1. The van der Waals surface area contributed by atoms with Gasteiger partial charge in [0.25, 0.3) is 11.8 Å². The van der Waals surface area contributed by atoms with Gasteiger partial charge in [0.05, 0.1) is 30.3 Å². The Morgan fingerprint density at radius 3 is 2.26 bits per heavy atom. The third kappa shape index (κ3) is 4.78. The van der Waals surface area contributed by atoms with Gasteiger partial charge in [-0.3, -0.25) is 9.59 Å². The van der Waals surface area contributed by atoms with Crippen LogP contribution in [0.1, 0.15) is 29.6 Å². The van der Waals surface area contributed by atoms with Crippen molar-refractivity contribution in [3.8, 4) is 5.75 Å². The Hall–Kier alpha value is -2.95. The van der Waals surface area contributed by atoms with Crippen molar-refractivity contribution >= 4 is 27.5 Å². The third-order valence-corrected chi connectivity index (χ3v) is 8.58. The van der Waals surface area contributed by atoms with Crippen LogP contribution in [0.5, 0.6) is 5.75 Å². The first-order chi connectivity index (χ1) is 16.9. The molecule has 2 saturated heterocycles. The number of hydrogen-bond donors (Lipinski definition) is 0. The summed E-state index contributed by atoms with van der Waals surface area (Å²) in [6, 6.07) is 13.2. The van der Waals surface area contributed by atoms with Gasteiger partial charge in [-0.25, -0.2) is 8.42 Å². The summed E-state index contributed by atoms with van der Waals surface area (Å²) in [5, 5.41) is 0. The van der Waals surface area contributed by atoms with Crippen LogP contribution in [0.3, 0.4) is 0 Å². The number of hydrogen-bond acceptors (Lipinski definition) is 6. The molecule has 35 heavy (non-hydrogen) atoms. The molecule has 10 heteroatoms. The number of nitrogens with zero attached hydrogens (tertiary/aromatic N) is 3. The lowest BCUT2D eigenvalue weighted by Gasteiger charge is -2.37. The molecule has 0 aliphatic carbocycles. The maximum absolute atomic E-state index is 13.5. The molecule has 0 unspecified atom stereocenters. The van der Waals surface area contributed by atoms with Crippen LogP contribution >= 0.6 is 0 Å². The van der Waals surface area contributed by atoms with Crippen molar-refractivity contribution in [3.63, 3.8) is 0 Å². The summed E-state index contributed by atoms with van der Waals surface area (Å²) < 4.78 is 38.8. The van der Waals surface area contributed by atoms with Crippen molar-refractivity contribution in [3.05, 3.63) is 54.1 Å². The predicted octanol–water partition coefficient (Wildman–Crippen LogP) is 2.13. The molecule has 0 radical (unpaired) electrons. The largest absolute Gasteiger partial charge is 0.476 e. The van der Waals surface area contributed by atoms with Crippen molar-refractivity contribution in [2.24, 2.45) is 0 Å². The van der Waals surface area contributed by atoms with Crippen LogP contribution < -0.4 is 9.64 Å². The number of morpholine rings is 1. The number of piperidine rings is 1. The number of amides is 2. The number of anilines is 1. The van der Waals surface area contributed by atoms with Crippen molar-refractivity contribution in [2.75, 3.05) is 50.8 Å². The van der Waals surface area contributed by atoms with Gasteiger partial charge >= 0.3 is 0 Å². The van der Waals surface area contributed by atoms with Crippen LogP contribution in [0.4, 0.5) is 5.69 Å². The van der Waals surface area contributed by atoms with Gasteiger partial charge in [-0.15, -0.1) is 0 Å².